The van der Waals surface area contributed by atoms with Crippen molar-refractivity contribution in [3.63, 3.8) is 0 Å². The quantitative estimate of drug-likeness (QED) is 0.636. The SMILES string of the molecule is Cc1nc(CSc2ccccc2C(=O)NCCN2CCNCC2)cs1.Cl.Cl. The lowest BCUT2D eigenvalue weighted by Crippen LogP contribution is -2.46. The number of amides is 1. The van der Waals surface area contributed by atoms with Crippen LogP contribution in [0.5, 0.6) is 0 Å². The molecule has 3 rings (SSSR count). The van der Waals surface area contributed by atoms with Gasteiger partial charge in [0.25, 0.3) is 5.91 Å². The number of thiazole rings is 1. The number of aryl methyl sites for hydroxylation is 1. The highest BCUT2D eigenvalue weighted by molar-refractivity contribution is 7.98. The largest absolute Gasteiger partial charge is 0.351 e. The Balaban J connectivity index is 0.00000182. The van der Waals surface area contributed by atoms with Gasteiger partial charge in [-0.1, -0.05) is 12.1 Å². The highest BCUT2D eigenvalue weighted by Gasteiger charge is 2.13. The molecule has 1 aromatic heterocycles. The second-order valence-corrected chi connectivity index (χ2v) is 8.07. The fraction of sp³-hybridized carbons (Fsp3) is 0.444. The molecular weight excluding hydrogens is 423 g/mol. The van der Waals surface area contributed by atoms with Gasteiger partial charge in [-0.25, -0.2) is 4.98 Å². The predicted molar refractivity (Wildman–Crippen MR) is 119 cm³/mol. The molecule has 1 amide bonds. The topological polar surface area (TPSA) is 57.3 Å². The number of carbonyl (C=O) groups excluding carboxylic acids is 1. The molecule has 9 heteroatoms. The number of benzene rings is 1. The van der Waals surface area contributed by atoms with Crippen molar-refractivity contribution in [3.05, 3.63) is 45.9 Å². The molecule has 0 aliphatic carbocycles. The number of carbonyl (C=O) groups is 1. The molecule has 2 heterocycles. The van der Waals surface area contributed by atoms with Gasteiger partial charge in [-0.05, 0) is 19.1 Å². The molecule has 150 valence electrons. The van der Waals surface area contributed by atoms with Gasteiger partial charge in [0.05, 0.1) is 16.3 Å². The minimum atomic E-state index is 0. The fourth-order valence-corrected chi connectivity index (χ4v) is 4.42. The molecule has 0 radical (unpaired) electrons. The summed E-state index contributed by atoms with van der Waals surface area (Å²) in [5.41, 5.74) is 1.82. The van der Waals surface area contributed by atoms with Crippen LogP contribution in [0.1, 0.15) is 21.1 Å². The Kier molecular flexibility index (Phi) is 11.3. The third kappa shape index (κ3) is 7.60. The van der Waals surface area contributed by atoms with Gasteiger partial charge < -0.3 is 10.6 Å². The van der Waals surface area contributed by atoms with Crippen LogP contribution in [-0.2, 0) is 5.75 Å². The van der Waals surface area contributed by atoms with Crippen molar-refractivity contribution >= 4 is 53.8 Å². The first kappa shape index (κ1) is 24.2. The lowest BCUT2D eigenvalue weighted by Gasteiger charge is -2.27. The molecule has 2 N–H and O–H groups in total. The van der Waals surface area contributed by atoms with Crippen molar-refractivity contribution in [2.45, 2.75) is 17.6 Å². The lowest BCUT2D eigenvalue weighted by molar-refractivity contribution is 0.0944. The number of piperazine rings is 1. The van der Waals surface area contributed by atoms with Gasteiger partial charge >= 0.3 is 0 Å². The zero-order valence-electron chi connectivity index (χ0n) is 15.3. The zero-order valence-corrected chi connectivity index (χ0v) is 18.5. The molecule has 0 bridgehead atoms. The third-order valence-corrected chi connectivity index (χ3v) is 6.03. The maximum absolute atomic E-state index is 12.6. The van der Waals surface area contributed by atoms with E-state index < -0.39 is 0 Å². The summed E-state index contributed by atoms with van der Waals surface area (Å²) in [4.78, 5) is 20.4. The van der Waals surface area contributed by atoms with Crippen LogP contribution in [0.4, 0.5) is 0 Å². The number of hydrogen-bond donors (Lipinski definition) is 2. The Hall–Kier alpha value is -0.830. The van der Waals surface area contributed by atoms with E-state index in [0.29, 0.717) is 6.54 Å². The Bertz CT molecular complexity index is 708. The number of rotatable bonds is 7. The molecule has 0 saturated carbocycles. The number of nitrogens with one attached hydrogen (secondary N) is 2. The molecule has 1 saturated heterocycles. The fourth-order valence-electron chi connectivity index (χ4n) is 2.76. The van der Waals surface area contributed by atoms with Crippen LogP contribution in [0.2, 0.25) is 0 Å². The maximum atomic E-state index is 12.6. The van der Waals surface area contributed by atoms with Gasteiger partial charge in [0.15, 0.2) is 0 Å². The number of thioether (sulfide) groups is 1. The van der Waals surface area contributed by atoms with Crippen LogP contribution < -0.4 is 10.6 Å². The summed E-state index contributed by atoms with van der Waals surface area (Å²) in [5.74, 6) is 0.794. The van der Waals surface area contributed by atoms with Crippen molar-refractivity contribution in [1.29, 1.82) is 0 Å². The van der Waals surface area contributed by atoms with Crippen molar-refractivity contribution in [2.75, 3.05) is 39.3 Å². The second-order valence-electron chi connectivity index (χ2n) is 5.99. The van der Waals surface area contributed by atoms with E-state index in [1.807, 2.05) is 31.2 Å². The molecule has 0 atom stereocenters. The van der Waals surface area contributed by atoms with E-state index in [-0.39, 0.29) is 30.7 Å². The first-order chi connectivity index (χ1) is 12.2. The summed E-state index contributed by atoms with van der Waals surface area (Å²) in [6, 6.07) is 7.80. The van der Waals surface area contributed by atoms with Crippen LogP contribution in [0.3, 0.4) is 0 Å². The van der Waals surface area contributed by atoms with Gasteiger partial charge in [0, 0.05) is 55.3 Å². The molecule has 5 nitrogen and oxygen atoms in total. The monoisotopic (exact) mass is 448 g/mol. The lowest BCUT2D eigenvalue weighted by atomic mass is 10.2. The van der Waals surface area contributed by atoms with Crippen LogP contribution in [0.15, 0.2) is 34.5 Å². The summed E-state index contributed by atoms with van der Waals surface area (Å²) >= 11 is 3.33. The highest BCUT2D eigenvalue weighted by Crippen LogP contribution is 2.26. The van der Waals surface area contributed by atoms with E-state index in [4.69, 9.17) is 0 Å². The Morgan fingerprint density at radius 1 is 1.30 bits per heavy atom. The van der Waals surface area contributed by atoms with Crippen molar-refractivity contribution in [3.8, 4) is 0 Å². The highest BCUT2D eigenvalue weighted by atomic mass is 35.5. The van der Waals surface area contributed by atoms with Gasteiger partial charge in [0.2, 0.25) is 0 Å². The van der Waals surface area contributed by atoms with Gasteiger partial charge in [-0.15, -0.1) is 47.9 Å². The molecule has 1 fully saturated rings. The summed E-state index contributed by atoms with van der Waals surface area (Å²) in [6.45, 7) is 7.76. The molecular formula is C18H26Cl2N4OS2. The molecule has 1 aliphatic heterocycles. The maximum Gasteiger partial charge on any atom is 0.252 e. The standard InChI is InChI=1S/C18H24N4OS2.2ClH/c1-14-21-15(12-24-14)13-25-17-5-3-2-4-16(17)18(23)20-8-11-22-9-6-19-7-10-22;;/h2-5,12,19H,6-11,13H2,1H3,(H,20,23);2*1H. The second kappa shape index (κ2) is 12.6. The summed E-state index contributed by atoms with van der Waals surface area (Å²) in [5, 5.41) is 9.56. The minimum absolute atomic E-state index is 0. The normalized spacial score (nSPS) is 14.1. The molecule has 1 aliphatic rings. The third-order valence-electron chi connectivity index (χ3n) is 4.10. The van der Waals surface area contributed by atoms with E-state index in [9.17, 15) is 4.79 Å². The predicted octanol–water partition coefficient (Wildman–Crippen LogP) is 3.22. The Morgan fingerprint density at radius 2 is 2.04 bits per heavy atom. The summed E-state index contributed by atoms with van der Waals surface area (Å²) < 4.78 is 0. The average molecular weight is 449 g/mol. The summed E-state index contributed by atoms with van der Waals surface area (Å²) in [6.07, 6.45) is 0. The average Bonchev–Trinajstić information content (AvgIpc) is 3.06. The van der Waals surface area contributed by atoms with Crippen LogP contribution in [-0.4, -0.2) is 55.1 Å². The van der Waals surface area contributed by atoms with Gasteiger partial charge in [-0.2, -0.15) is 0 Å². The van der Waals surface area contributed by atoms with E-state index in [1.54, 1.807) is 23.1 Å². The molecule has 1 aromatic carbocycles. The van der Waals surface area contributed by atoms with E-state index >= 15 is 0 Å². The zero-order chi connectivity index (χ0) is 17.5. The van der Waals surface area contributed by atoms with Crippen LogP contribution >= 0.6 is 47.9 Å². The number of halogens is 2. The Morgan fingerprint density at radius 3 is 2.74 bits per heavy atom. The van der Waals surface area contributed by atoms with E-state index in [0.717, 1.165) is 59.6 Å². The number of aromatic nitrogens is 1. The molecule has 27 heavy (non-hydrogen) atoms. The van der Waals surface area contributed by atoms with Crippen molar-refractivity contribution in [1.82, 2.24) is 20.5 Å². The first-order valence-corrected chi connectivity index (χ1v) is 10.4. The first-order valence-electron chi connectivity index (χ1n) is 8.56. The number of hydrogen-bond acceptors (Lipinski definition) is 6. The van der Waals surface area contributed by atoms with Gasteiger partial charge in [0.1, 0.15) is 0 Å². The number of nitrogens with zero attached hydrogens (tertiary/aromatic N) is 2. The minimum Gasteiger partial charge on any atom is -0.351 e. The molecule has 2 aromatic rings. The smallest absolute Gasteiger partial charge is 0.252 e. The van der Waals surface area contributed by atoms with E-state index in [2.05, 4.69) is 25.9 Å². The molecule has 0 unspecified atom stereocenters. The van der Waals surface area contributed by atoms with E-state index in [1.165, 1.54) is 0 Å². The van der Waals surface area contributed by atoms with Crippen LogP contribution in [0.25, 0.3) is 0 Å². The van der Waals surface area contributed by atoms with Crippen molar-refractivity contribution < 1.29 is 4.79 Å². The molecule has 0 spiro atoms. The van der Waals surface area contributed by atoms with Crippen molar-refractivity contribution in [2.24, 2.45) is 0 Å². The van der Waals surface area contributed by atoms with Gasteiger partial charge in [-0.3, -0.25) is 9.69 Å². The Labute approximate surface area is 181 Å². The van der Waals surface area contributed by atoms with Crippen LogP contribution in [0, 0.1) is 6.92 Å². The summed E-state index contributed by atoms with van der Waals surface area (Å²) in [7, 11) is 0.